The van der Waals surface area contributed by atoms with E-state index in [1.165, 1.54) is 12.8 Å². The first-order chi connectivity index (χ1) is 13.7. The van der Waals surface area contributed by atoms with Crippen LogP contribution < -0.4 is 19.9 Å². The van der Waals surface area contributed by atoms with E-state index in [1.807, 2.05) is 6.07 Å². The number of carbonyl (C=O) groups excluding carboxylic acids is 1. The number of hydrogen-bond donors (Lipinski definition) is 1. The SMILES string of the molecule is C=CCONC(=O)CN1CCN(c2ccc(OC)c(OC3CCCC3)c2)CC1. The van der Waals surface area contributed by atoms with Crippen molar-refractivity contribution >= 4 is 11.6 Å². The summed E-state index contributed by atoms with van der Waals surface area (Å²) < 4.78 is 11.7. The number of amides is 1. The van der Waals surface area contributed by atoms with E-state index in [2.05, 4.69) is 34.0 Å². The molecule has 1 saturated carbocycles. The average Bonchev–Trinajstić information content (AvgIpc) is 3.22. The summed E-state index contributed by atoms with van der Waals surface area (Å²) in [6, 6.07) is 6.14. The van der Waals surface area contributed by atoms with E-state index in [-0.39, 0.29) is 5.91 Å². The molecule has 1 aliphatic carbocycles. The van der Waals surface area contributed by atoms with Crippen LogP contribution in [-0.2, 0) is 9.63 Å². The Bertz CT molecular complexity index is 653. The van der Waals surface area contributed by atoms with Crippen molar-refractivity contribution in [1.29, 1.82) is 0 Å². The Kier molecular flexibility index (Phi) is 7.56. The molecule has 1 aromatic carbocycles. The number of rotatable bonds is 9. The summed E-state index contributed by atoms with van der Waals surface area (Å²) in [5.74, 6) is 1.48. The number of ether oxygens (including phenoxy) is 2. The second-order valence-corrected chi connectivity index (χ2v) is 7.25. The van der Waals surface area contributed by atoms with E-state index in [0.717, 1.165) is 56.2 Å². The highest BCUT2D eigenvalue weighted by atomic mass is 16.6. The quantitative estimate of drug-likeness (QED) is 0.397. The molecule has 154 valence electrons. The fourth-order valence-corrected chi connectivity index (χ4v) is 3.72. The van der Waals surface area contributed by atoms with Crippen LogP contribution in [0.1, 0.15) is 25.7 Å². The van der Waals surface area contributed by atoms with Gasteiger partial charge in [-0.1, -0.05) is 6.08 Å². The molecule has 0 unspecified atom stereocenters. The molecule has 1 aromatic rings. The van der Waals surface area contributed by atoms with E-state index in [0.29, 0.717) is 19.3 Å². The third-order valence-corrected chi connectivity index (χ3v) is 5.23. The minimum Gasteiger partial charge on any atom is -0.493 e. The second kappa shape index (κ2) is 10.3. The van der Waals surface area contributed by atoms with Crippen LogP contribution in [0.25, 0.3) is 0 Å². The summed E-state index contributed by atoms with van der Waals surface area (Å²) >= 11 is 0. The van der Waals surface area contributed by atoms with Crippen molar-refractivity contribution < 1.29 is 19.1 Å². The van der Waals surface area contributed by atoms with Gasteiger partial charge in [-0.05, 0) is 37.8 Å². The lowest BCUT2D eigenvalue weighted by molar-refractivity contribution is -0.133. The smallest absolute Gasteiger partial charge is 0.257 e. The number of carbonyl (C=O) groups is 1. The molecule has 2 fully saturated rings. The van der Waals surface area contributed by atoms with Gasteiger partial charge in [-0.15, -0.1) is 6.58 Å². The maximum absolute atomic E-state index is 11.9. The topological polar surface area (TPSA) is 63.3 Å². The highest BCUT2D eigenvalue weighted by Gasteiger charge is 2.22. The first kappa shape index (κ1) is 20.5. The maximum Gasteiger partial charge on any atom is 0.257 e. The molecule has 1 amide bonds. The third-order valence-electron chi connectivity index (χ3n) is 5.23. The number of piperazine rings is 1. The number of hydroxylamine groups is 1. The van der Waals surface area contributed by atoms with Gasteiger partial charge in [0.15, 0.2) is 11.5 Å². The third kappa shape index (κ3) is 5.62. The van der Waals surface area contributed by atoms with Crippen LogP contribution in [0.2, 0.25) is 0 Å². The van der Waals surface area contributed by atoms with Crippen molar-refractivity contribution in [3.63, 3.8) is 0 Å². The largest absolute Gasteiger partial charge is 0.493 e. The zero-order chi connectivity index (χ0) is 19.8. The fraction of sp³-hybridized carbons (Fsp3) is 0.571. The van der Waals surface area contributed by atoms with Crippen LogP contribution in [-0.4, -0.2) is 63.4 Å². The first-order valence-electron chi connectivity index (χ1n) is 10.0. The van der Waals surface area contributed by atoms with Crippen molar-refractivity contribution in [2.45, 2.75) is 31.8 Å². The molecule has 0 aromatic heterocycles. The summed E-state index contributed by atoms with van der Waals surface area (Å²) in [6.45, 7) is 7.54. The normalized spacial score (nSPS) is 18.1. The number of hydrogen-bond acceptors (Lipinski definition) is 6. The second-order valence-electron chi connectivity index (χ2n) is 7.25. The van der Waals surface area contributed by atoms with Gasteiger partial charge in [-0.2, -0.15) is 0 Å². The van der Waals surface area contributed by atoms with Crippen molar-refractivity contribution in [1.82, 2.24) is 10.4 Å². The molecule has 3 rings (SSSR count). The van der Waals surface area contributed by atoms with Gasteiger partial charge in [-0.3, -0.25) is 14.5 Å². The predicted molar refractivity (Wildman–Crippen MR) is 109 cm³/mol. The van der Waals surface area contributed by atoms with E-state index in [1.54, 1.807) is 13.2 Å². The summed E-state index contributed by atoms with van der Waals surface area (Å²) in [7, 11) is 1.68. The standard InChI is InChI=1S/C21H31N3O4/c1-3-14-27-22-21(25)16-23-10-12-24(13-11-23)17-8-9-19(26-2)20(15-17)28-18-6-4-5-7-18/h3,8-9,15,18H,1,4-7,10-14,16H2,2H3,(H,22,25). The van der Waals surface area contributed by atoms with Gasteiger partial charge in [0.25, 0.3) is 5.91 Å². The number of benzene rings is 1. The molecule has 1 aliphatic heterocycles. The molecular formula is C21H31N3O4. The summed E-state index contributed by atoms with van der Waals surface area (Å²) in [6.07, 6.45) is 6.60. The zero-order valence-electron chi connectivity index (χ0n) is 16.7. The molecule has 0 spiro atoms. The van der Waals surface area contributed by atoms with Gasteiger partial charge >= 0.3 is 0 Å². The lowest BCUT2D eigenvalue weighted by Gasteiger charge is -2.36. The minimum atomic E-state index is -0.132. The molecule has 2 aliphatic rings. The Morgan fingerprint density at radius 2 is 1.96 bits per heavy atom. The lowest BCUT2D eigenvalue weighted by Crippen LogP contribution is -2.49. The van der Waals surface area contributed by atoms with E-state index >= 15 is 0 Å². The van der Waals surface area contributed by atoms with Crippen LogP contribution >= 0.6 is 0 Å². The van der Waals surface area contributed by atoms with Gasteiger partial charge in [0, 0.05) is 37.9 Å². The average molecular weight is 389 g/mol. The molecule has 7 nitrogen and oxygen atoms in total. The molecule has 1 N–H and O–H groups in total. The van der Waals surface area contributed by atoms with Gasteiger partial charge in [0.05, 0.1) is 26.4 Å². The molecule has 0 bridgehead atoms. The van der Waals surface area contributed by atoms with Crippen LogP contribution in [0.4, 0.5) is 5.69 Å². The molecule has 1 saturated heterocycles. The van der Waals surface area contributed by atoms with Crippen molar-refractivity contribution in [2.24, 2.45) is 0 Å². The number of nitrogens with zero attached hydrogens (tertiary/aromatic N) is 2. The van der Waals surface area contributed by atoms with Crippen LogP contribution in [0.5, 0.6) is 11.5 Å². The monoisotopic (exact) mass is 389 g/mol. The van der Waals surface area contributed by atoms with Crippen molar-refractivity contribution in [3.8, 4) is 11.5 Å². The Labute approximate surface area is 167 Å². The van der Waals surface area contributed by atoms with E-state index in [9.17, 15) is 4.79 Å². The fourth-order valence-electron chi connectivity index (χ4n) is 3.72. The highest BCUT2D eigenvalue weighted by Crippen LogP contribution is 2.35. The van der Waals surface area contributed by atoms with E-state index in [4.69, 9.17) is 14.3 Å². The van der Waals surface area contributed by atoms with Gasteiger partial charge in [0.1, 0.15) is 0 Å². The summed E-state index contributed by atoms with van der Waals surface area (Å²) in [4.78, 5) is 21.3. The van der Waals surface area contributed by atoms with Crippen LogP contribution in [0, 0.1) is 0 Å². The summed E-state index contributed by atoms with van der Waals surface area (Å²) in [5.41, 5.74) is 3.56. The molecule has 28 heavy (non-hydrogen) atoms. The Balaban J connectivity index is 1.53. The summed E-state index contributed by atoms with van der Waals surface area (Å²) in [5, 5.41) is 0. The maximum atomic E-state index is 11.9. The van der Waals surface area contributed by atoms with Gasteiger partial charge < -0.3 is 14.4 Å². The van der Waals surface area contributed by atoms with Crippen molar-refractivity contribution in [2.75, 3.05) is 51.3 Å². The highest BCUT2D eigenvalue weighted by molar-refractivity contribution is 5.77. The number of nitrogens with one attached hydrogen (secondary N) is 1. The van der Waals surface area contributed by atoms with Crippen molar-refractivity contribution in [3.05, 3.63) is 30.9 Å². The molecule has 0 atom stereocenters. The zero-order valence-corrected chi connectivity index (χ0v) is 16.7. The van der Waals surface area contributed by atoms with Crippen LogP contribution in [0.3, 0.4) is 0 Å². The van der Waals surface area contributed by atoms with Gasteiger partial charge in [-0.25, -0.2) is 5.48 Å². The van der Waals surface area contributed by atoms with Crippen LogP contribution in [0.15, 0.2) is 30.9 Å². The lowest BCUT2D eigenvalue weighted by atomic mass is 10.2. The first-order valence-corrected chi connectivity index (χ1v) is 10.0. The number of methoxy groups -OCH3 is 1. The predicted octanol–water partition coefficient (Wildman–Crippen LogP) is 2.37. The van der Waals surface area contributed by atoms with E-state index < -0.39 is 0 Å². The molecule has 0 radical (unpaired) electrons. The number of anilines is 1. The molecule has 7 heteroatoms. The Hall–Kier alpha value is -2.25. The minimum absolute atomic E-state index is 0.132. The van der Waals surface area contributed by atoms with Gasteiger partial charge in [0.2, 0.25) is 0 Å². The Morgan fingerprint density at radius 1 is 1.21 bits per heavy atom. The Morgan fingerprint density at radius 3 is 2.64 bits per heavy atom. The molecular weight excluding hydrogens is 358 g/mol. The molecule has 1 heterocycles.